The van der Waals surface area contributed by atoms with Crippen molar-refractivity contribution in [3.8, 4) is 0 Å². The molecule has 37 heavy (non-hydrogen) atoms. The summed E-state index contributed by atoms with van der Waals surface area (Å²) in [7, 11) is 1.96. The molecule has 2 aliphatic rings. The molecule has 3 rings (SSSR count). The van der Waals surface area contributed by atoms with Crippen molar-refractivity contribution in [2.75, 3.05) is 33.4 Å². The predicted molar refractivity (Wildman–Crippen MR) is 151 cm³/mol. The molecule has 7 heteroatoms. The first-order chi connectivity index (χ1) is 17.9. The third-order valence-corrected chi connectivity index (χ3v) is 6.73. The molecule has 1 heterocycles. The number of amides is 1. The highest BCUT2D eigenvalue weighted by molar-refractivity contribution is 6.16. The molecule has 0 spiro atoms. The quantitative estimate of drug-likeness (QED) is 0.311. The van der Waals surface area contributed by atoms with Crippen LogP contribution in [-0.2, 0) is 9.47 Å². The van der Waals surface area contributed by atoms with Crippen LogP contribution < -0.4 is 10.6 Å². The number of aliphatic hydroxyl groups excluding tert-OH is 1. The summed E-state index contributed by atoms with van der Waals surface area (Å²) in [5.41, 5.74) is 4.52. The minimum atomic E-state index is -0.101. The summed E-state index contributed by atoms with van der Waals surface area (Å²) >= 11 is 0. The highest BCUT2D eigenvalue weighted by atomic mass is 16.5. The number of ether oxygens (including phenoxy) is 2. The van der Waals surface area contributed by atoms with Crippen molar-refractivity contribution in [1.29, 1.82) is 0 Å². The van der Waals surface area contributed by atoms with Crippen LogP contribution >= 0.6 is 0 Å². The van der Waals surface area contributed by atoms with Crippen molar-refractivity contribution in [3.63, 3.8) is 0 Å². The zero-order valence-electron chi connectivity index (χ0n) is 23.0. The fraction of sp³-hybridized carbons (Fsp3) is 0.533. The van der Waals surface area contributed by atoms with Gasteiger partial charge >= 0.3 is 0 Å². The van der Waals surface area contributed by atoms with Gasteiger partial charge in [0.15, 0.2) is 5.76 Å². The van der Waals surface area contributed by atoms with E-state index in [0.29, 0.717) is 37.5 Å². The highest BCUT2D eigenvalue weighted by Crippen LogP contribution is 2.39. The van der Waals surface area contributed by atoms with Gasteiger partial charge in [-0.05, 0) is 77.4 Å². The Bertz CT molecular complexity index is 1040. The van der Waals surface area contributed by atoms with E-state index in [4.69, 9.17) is 14.5 Å². The summed E-state index contributed by atoms with van der Waals surface area (Å²) in [6, 6.07) is 7.71. The Balaban J connectivity index is 0.00000507. The fourth-order valence-electron chi connectivity index (χ4n) is 4.87. The van der Waals surface area contributed by atoms with Gasteiger partial charge in [-0.25, -0.2) is 0 Å². The monoisotopic (exact) mass is 511 g/mol. The van der Waals surface area contributed by atoms with E-state index in [9.17, 15) is 9.90 Å². The maximum Gasteiger partial charge on any atom is 0.251 e. The van der Waals surface area contributed by atoms with Crippen molar-refractivity contribution in [2.24, 2.45) is 10.9 Å². The summed E-state index contributed by atoms with van der Waals surface area (Å²) in [6.07, 6.45) is 7.40. The van der Waals surface area contributed by atoms with Gasteiger partial charge in [0.05, 0.1) is 24.5 Å². The van der Waals surface area contributed by atoms with Crippen molar-refractivity contribution in [2.45, 2.75) is 65.5 Å². The molecule has 1 aromatic rings. The lowest BCUT2D eigenvalue weighted by Crippen LogP contribution is -2.32. The van der Waals surface area contributed by atoms with Crippen LogP contribution in [0, 0.1) is 5.92 Å². The van der Waals surface area contributed by atoms with Crippen LogP contribution in [0.4, 0.5) is 0 Å². The molecule has 0 radical (unpaired) electrons. The number of allylic oxidation sites excluding steroid dienone is 3. The standard InChI is InChI=1S/C30H43N3O4.H2/c1-6-23-24-13-14-28(36-7-2)27(34)19-25(24)29(33-26(23)15-17-31-5)21-9-11-22(12-10-21)30(35)32-16-8-18-37-20(3)4;/h9-13,19-20,23,26,31,34H,6-8,14-18H2,1-5H3,(H,32,35);1H/t23-,26-;/m1./s1. The van der Waals surface area contributed by atoms with E-state index in [2.05, 4.69) is 23.6 Å². The van der Waals surface area contributed by atoms with Gasteiger partial charge in [-0.15, -0.1) is 0 Å². The Hall–Kier alpha value is -2.90. The molecule has 1 amide bonds. The SMILES string of the molecule is CCOC1=C(O)C=C2C(=CC1)[C@@H](CC)[C@@H](CCNC)N=C2c1ccc(C(=O)NCCCOC(C)C)cc1.[HH]. The fourth-order valence-corrected chi connectivity index (χ4v) is 4.87. The van der Waals surface area contributed by atoms with Gasteiger partial charge < -0.3 is 25.2 Å². The number of nitrogens with zero attached hydrogens (tertiary/aromatic N) is 1. The van der Waals surface area contributed by atoms with E-state index < -0.39 is 0 Å². The molecular weight excluding hydrogens is 466 g/mol. The van der Waals surface area contributed by atoms with Gasteiger partial charge in [0.1, 0.15) is 5.76 Å². The molecule has 0 saturated carbocycles. The first-order valence-corrected chi connectivity index (χ1v) is 13.6. The Morgan fingerprint density at radius 1 is 1.22 bits per heavy atom. The smallest absolute Gasteiger partial charge is 0.251 e. The lowest BCUT2D eigenvalue weighted by molar-refractivity contribution is 0.0757. The number of benzene rings is 1. The van der Waals surface area contributed by atoms with Crippen molar-refractivity contribution >= 4 is 11.6 Å². The summed E-state index contributed by atoms with van der Waals surface area (Å²) < 4.78 is 11.3. The van der Waals surface area contributed by atoms with E-state index in [-0.39, 0.29) is 31.2 Å². The Labute approximate surface area is 223 Å². The van der Waals surface area contributed by atoms with Crippen LogP contribution in [0.15, 0.2) is 64.1 Å². The van der Waals surface area contributed by atoms with Gasteiger partial charge in [0.2, 0.25) is 0 Å². The number of aliphatic hydroxyl groups is 1. The van der Waals surface area contributed by atoms with Crippen molar-refractivity contribution in [1.82, 2.24) is 10.6 Å². The number of hydrogen-bond donors (Lipinski definition) is 3. The van der Waals surface area contributed by atoms with Crippen LogP contribution in [0.2, 0.25) is 0 Å². The largest absolute Gasteiger partial charge is 0.504 e. The zero-order chi connectivity index (χ0) is 26.8. The van der Waals surface area contributed by atoms with E-state index in [1.54, 1.807) is 6.08 Å². The Morgan fingerprint density at radius 2 is 1.97 bits per heavy atom. The Morgan fingerprint density at radius 3 is 2.62 bits per heavy atom. The van der Waals surface area contributed by atoms with Crippen molar-refractivity contribution < 1.29 is 20.8 Å². The molecule has 2 atom stereocenters. The number of fused-ring (bicyclic) bond motifs is 1. The molecule has 7 nitrogen and oxygen atoms in total. The molecule has 0 fully saturated rings. The molecule has 0 aromatic heterocycles. The molecule has 1 aliphatic heterocycles. The summed E-state index contributed by atoms with van der Waals surface area (Å²) in [6.45, 7) is 10.7. The van der Waals surface area contributed by atoms with Crippen molar-refractivity contribution in [3.05, 3.63) is 70.2 Å². The number of rotatable bonds is 13. The molecular formula is C30H45N3O4. The number of carbonyl (C=O) groups excluding carboxylic acids is 1. The number of hydrogen-bond acceptors (Lipinski definition) is 6. The van der Waals surface area contributed by atoms with Gasteiger partial charge in [0.25, 0.3) is 5.91 Å². The van der Waals surface area contributed by atoms with Crippen LogP contribution in [0.1, 0.15) is 70.7 Å². The molecule has 3 N–H and O–H groups in total. The zero-order valence-corrected chi connectivity index (χ0v) is 23.0. The first kappa shape index (κ1) is 28.7. The third kappa shape index (κ3) is 7.55. The van der Waals surface area contributed by atoms with Gasteiger partial charge in [-0.1, -0.05) is 25.1 Å². The summed E-state index contributed by atoms with van der Waals surface area (Å²) in [5, 5.41) is 17.1. The summed E-state index contributed by atoms with van der Waals surface area (Å²) in [5.74, 6) is 0.901. The van der Waals surface area contributed by atoms with Crippen LogP contribution in [0.25, 0.3) is 0 Å². The van der Waals surface area contributed by atoms with E-state index >= 15 is 0 Å². The molecule has 0 bridgehead atoms. The Kier molecular flexibility index (Phi) is 11.0. The second-order valence-electron chi connectivity index (χ2n) is 9.72. The first-order valence-electron chi connectivity index (χ1n) is 13.6. The number of carbonyl (C=O) groups is 1. The van der Waals surface area contributed by atoms with E-state index in [1.165, 1.54) is 5.57 Å². The van der Waals surface area contributed by atoms with Gasteiger partial charge in [-0.2, -0.15) is 0 Å². The van der Waals surface area contributed by atoms with Crippen LogP contribution in [-0.4, -0.2) is 62.2 Å². The van der Waals surface area contributed by atoms with Gasteiger partial charge in [-0.3, -0.25) is 9.79 Å². The van der Waals surface area contributed by atoms with Crippen LogP contribution in [0.3, 0.4) is 0 Å². The van der Waals surface area contributed by atoms with Gasteiger partial charge in [0, 0.05) is 43.6 Å². The minimum absolute atomic E-state index is 0. The number of aliphatic imine (C=N–C) groups is 1. The number of nitrogens with one attached hydrogen (secondary N) is 2. The molecule has 1 aliphatic carbocycles. The maximum atomic E-state index is 12.6. The molecule has 1 aromatic carbocycles. The second-order valence-corrected chi connectivity index (χ2v) is 9.72. The summed E-state index contributed by atoms with van der Waals surface area (Å²) in [4.78, 5) is 17.8. The third-order valence-electron chi connectivity index (χ3n) is 6.73. The van der Waals surface area contributed by atoms with E-state index in [0.717, 1.165) is 42.7 Å². The average Bonchev–Trinajstić information content (AvgIpc) is 3.05. The topological polar surface area (TPSA) is 92.2 Å². The highest BCUT2D eigenvalue weighted by Gasteiger charge is 2.34. The van der Waals surface area contributed by atoms with Crippen LogP contribution in [0.5, 0.6) is 0 Å². The maximum absolute atomic E-state index is 12.6. The lowest BCUT2D eigenvalue weighted by Gasteiger charge is -2.33. The molecule has 204 valence electrons. The predicted octanol–water partition coefficient (Wildman–Crippen LogP) is 5.35. The molecule has 0 unspecified atom stereocenters. The normalized spacial score (nSPS) is 19.6. The van der Waals surface area contributed by atoms with E-state index in [1.807, 2.05) is 52.1 Å². The molecule has 0 saturated heterocycles. The lowest BCUT2D eigenvalue weighted by atomic mass is 9.77. The second kappa shape index (κ2) is 14.1. The minimum Gasteiger partial charge on any atom is -0.504 e. The average molecular weight is 512 g/mol.